The fourth-order valence-corrected chi connectivity index (χ4v) is 3.32. The van der Waals surface area contributed by atoms with Crippen molar-refractivity contribution in [2.75, 3.05) is 17.2 Å². The molecule has 0 atom stereocenters. The van der Waals surface area contributed by atoms with E-state index in [0.29, 0.717) is 57.7 Å². The summed E-state index contributed by atoms with van der Waals surface area (Å²) in [5.74, 6) is 1.74. The summed E-state index contributed by atoms with van der Waals surface area (Å²) in [5, 5.41) is 6.23. The number of amides is 2. The van der Waals surface area contributed by atoms with Crippen molar-refractivity contribution in [1.82, 2.24) is 9.97 Å². The van der Waals surface area contributed by atoms with Crippen molar-refractivity contribution >= 4 is 34.2 Å². The summed E-state index contributed by atoms with van der Waals surface area (Å²) in [5.41, 5.74) is 1.61. The molecule has 0 fully saturated rings. The van der Waals surface area contributed by atoms with E-state index in [4.69, 9.17) is 9.47 Å². The fourth-order valence-electron chi connectivity index (χ4n) is 3.32. The largest absolute Gasteiger partial charge is 0.491 e. The van der Waals surface area contributed by atoms with Crippen LogP contribution in [0, 0.1) is 5.92 Å². The average molecular weight is 483 g/mol. The van der Waals surface area contributed by atoms with E-state index in [9.17, 15) is 9.59 Å². The standard InChI is InChI=1S/C28H26N4O4/c1-4-27(33)31-23-15-21-22(16-25(23)35-17-18(2)3)29-14-12-24(21)36-20-10-8-19(9-11-20)28(34)32-26-7-5-6-13-30-26/h4-16,18H,1,17H2,2-3H3,(H,31,33)(H,30,32,34). The van der Waals surface area contributed by atoms with Crippen molar-refractivity contribution in [2.45, 2.75) is 13.8 Å². The molecule has 2 N–H and O–H groups in total. The van der Waals surface area contributed by atoms with Gasteiger partial charge >= 0.3 is 0 Å². The molecule has 0 saturated heterocycles. The molecule has 2 aromatic carbocycles. The van der Waals surface area contributed by atoms with E-state index in [1.807, 2.05) is 13.8 Å². The highest BCUT2D eigenvalue weighted by Crippen LogP contribution is 2.36. The van der Waals surface area contributed by atoms with Gasteiger partial charge in [-0.2, -0.15) is 0 Å². The molecular weight excluding hydrogens is 456 g/mol. The van der Waals surface area contributed by atoms with Crippen molar-refractivity contribution in [2.24, 2.45) is 5.92 Å². The Morgan fingerprint density at radius 1 is 0.972 bits per heavy atom. The van der Waals surface area contributed by atoms with E-state index in [2.05, 4.69) is 27.2 Å². The maximum Gasteiger partial charge on any atom is 0.256 e. The highest BCUT2D eigenvalue weighted by Gasteiger charge is 2.14. The SMILES string of the molecule is C=CC(=O)Nc1cc2c(Oc3ccc(C(=O)Nc4ccccn4)cc3)ccnc2cc1OCC(C)C. The normalized spacial score (nSPS) is 10.6. The van der Waals surface area contributed by atoms with E-state index >= 15 is 0 Å². The van der Waals surface area contributed by atoms with Gasteiger partial charge in [0.05, 0.1) is 17.8 Å². The van der Waals surface area contributed by atoms with Gasteiger partial charge in [0.2, 0.25) is 5.91 Å². The molecule has 8 heteroatoms. The molecule has 4 rings (SSSR count). The molecule has 2 heterocycles. The Hall–Kier alpha value is -4.72. The van der Waals surface area contributed by atoms with Crippen LogP contribution in [0.15, 0.2) is 85.7 Å². The number of nitrogens with one attached hydrogen (secondary N) is 2. The number of pyridine rings is 2. The van der Waals surface area contributed by atoms with Crippen LogP contribution in [-0.2, 0) is 4.79 Å². The molecule has 2 aromatic heterocycles. The average Bonchev–Trinajstić information content (AvgIpc) is 2.88. The lowest BCUT2D eigenvalue weighted by molar-refractivity contribution is -0.111. The molecule has 0 radical (unpaired) electrons. The van der Waals surface area contributed by atoms with Gasteiger partial charge in [0.15, 0.2) is 0 Å². The minimum atomic E-state index is -0.352. The lowest BCUT2D eigenvalue weighted by Gasteiger charge is -2.16. The Labute approximate surface area is 209 Å². The van der Waals surface area contributed by atoms with Crippen LogP contribution in [0.5, 0.6) is 17.2 Å². The molecule has 0 saturated carbocycles. The monoisotopic (exact) mass is 482 g/mol. The quantitative estimate of drug-likeness (QED) is 0.291. The van der Waals surface area contributed by atoms with Gasteiger partial charge < -0.3 is 20.1 Å². The summed E-state index contributed by atoms with van der Waals surface area (Å²) in [6.45, 7) is 8.09. The maximum atomic E-state index is 12.5. The van der Waals surface area contributed by atoms with Gasteiger partial charge in [-0.1, -0.05) is 26.5 Å². The van der Waals surface area contributed by atoms with Crippen LogP contribution in [0.3, 0.4) is 0 Å². The molecule has 36 heavy (non-hydrogen) atoms. The summed E-state index contributed by atoms with van der Waals surface area (Å²) >= 11 is 0. The van der Waals surface area contributed by atoms with Crippen LogP contribution in [0.4, 0.5) is 11.5 Å². The number of rotatable bonds is 9. The van der Waals surface area contributed by atoms with Gasteiger partial charge in [-0.15, -0.1) is 0 Å². The smallest absolute Gasteiger partial charge is 0.256 e. The summed E-state index contributed by atoms with van der Waals surface area (Å²) in [4.78, 5) is 33.0. The van der Waals surface area contributed by atoms with E-state index in [-0.39, 0.29) is 11.8 Å². The maximum absolute atomic E-state index is 12.5. The lowest BCUT2D eigenvalue weighted by Crippen LogP contribution is -2.12. The zero-order valence-corrected chi connectivity index (χ0v) is 20.0. The number of anilines is 2. The van der Waals surface area contributed by atoms with Crippen molar-refractivity contribution < 1.29 is 19.1 Å². The van der Waals surface area contributed by atoms with Crippen LogP contribution in [-0.4, -0.2) is 28.4 Å². The second-order valence-corrected chi connectivity index (χ2v) is 8.37. The molecule has 2 amide bonds. The van der Waals surface area contributed by atoms with Crippen molar-refractivity contribution in [3.8, 4) is 17.2 Å². The molecule has 0 unspecified atom stereocenters. The minimum absolute atomic E-state index is 0.272. The Morgan fingerprint density at radius 3 is 2.47 bits per heavy atom. The zero-order chi connectivity index (χ0) is 25.5. The van der Waals surface area contributed by atoms with Crippen LogP contribution in [0.1, 0.15) is 24.2 Å². The first-order chi connectivity index (χ1) is 17.4. The van der Waals surface area contributed by atoms with Crippen molar-refractivity contribution in [3.05, 3.63) is 91.3 Å². The number of hydrogen-bond donors (Lipinski definition) is 2. The van der Waals surface area contributed by atoms with Crippen molar-refractivity contribution in [3.63, 3.8) is 0 Å². The summed E-state index contributed by atoms with van der Waals surface area (Å²) in [6, 6.07) is 17.3. The molecule has 0 bridgehead atoms. The van der Waals surface area contributed by atoms with Crippen molar-refractivity contribution in [1.29, 1.82) is 0 Å². The van der Waals surface area contributed by atoms with E-state index in [0.717, 1.165) is 0 Å². The van der Waals surface area contributed by atoms with E-state index < -0.39 is 0 Å². The highest BCUT2D eigenvalue weighted by atomic mass is 16.5. The highest BCUT2D eigenvalue weighted by molar-refractivity contribution is 6.04. The Balaban J connectivity index is 1.58. The van der Waals surface area contributed by atoms with E-state index in [1.165, 1.54) is 6.08 Å². The molecule has 182 valence electrons. The number of nitrogens with zero attached hydrogens (tertiary/aromatic N) is 2. The van der Waals surface area contributed by atoms with Gasteiger partial charge in [-0.3, -0.25) is 14.6 Å². The Bertz CT molecular complexity index is 1390. The fraction of sp³-hybridized carbons (Fsp3) is 0.143. The van der Waals surface area contributed by atoms with Crippen LogP contribution >= 0.6 is 0 Å². The third kappa shape index (κ3) is 6.04. The number of hydrogen-bond acceptors (Lipinski definition) is 6. The first-order valence-electron chi connectivity index (χ1n) is 11.4. The third-order valence-electron chi connectivity index (χ3n) is 5.07. The molecule has 0 aliphatic heterocycles. The number of carbonyl (C=O) groups is 2. The predicted octanol–water partition coefficient (Wildman–Crippen LogP) is 5.83. The third-order valence-corrected chi connectivity index (χ3v) is 5.07. The number of benzene rings is 2. The Kier molecular flexibility index (Phi) is 7.55. The first-order valence-corrected chi connectivity index (χ1v) is 11.4. The van der Waals surface area contributed by atoms with E-state index in [1.54, 1.807) is 73.1 Å². The molecule has 0 aliphatic rings. The lowest BCUT2D eigenvalue weighted by atomic mass is 10.1. The summed E-state index contributed by atoms with van der Waals surface area (Å²) < 4.78 is 12.0. The topological polar surface area (TPSA) is 102 Å². The predicted molar refractivity (Wildman–Crippen MR) is 140 cm³/mol. The summed E-state index contributed by atoms with van der Waals surface area (Å²) in [7, 11) is 0. The minimum Gasteiger partial charge on any atom is -0.491 e. The molecular formula is C28H26N4O4. The second kappa shape index (κ2) is 11.1. The van der Waals surface area contributed by atoms with Crippen LogP contribution in [0.25, 0.3) is 10.9 Å². The number of aromatic nitrogens is 2. The molecule has 8 nitrogen and oxygen atoms in total. The van der Waals surface area contributed by atoms with Gasteiger partial charge in [-0.05, 0) is 60.5 Å². The van der Waals surface area contributed by atoms with Gasteiger partial charge in [-0.25, -0.2) is 4.98 Å². The summed E-state index contributed by atoms with van der Waals surface area (Å²) in [6.07, 6.45) is 4.45. The van der Waals surface area contributed by atoms with Crippen LogP contribution in [0.2, 0.25) is 0 Å². The number of fused-ring (bicyclic) bond motifs is 1. The van der Waals surface area contributed by atoms with Gasteiger partial charge in [0, 0.05) is 29.4 Å². The Morgan fingerprint density at radius 2 is 1.78 bits per heavy atom. The van der Waals surface area contributed by atoms with Gasteiger partial charge in [0.25, 0.3) is 5.91 Å². The van der Waals surface area contributed by atoms with Crippen LogP contribution < -0.4 is 20.1 Å². The number of ether oxygens (including phenoxy) is 2. The second-order valence-electron chi connectivity index (χ2n) is 8.37. The number of carbonyl (C=O) groups excluding carboxylic acids is 2. The zero-order valence-electron chi connectivity index (χ0n) is 20.0. The van der Waals surface area contributed by atoms with Gasteiger partial charge in [0.1, 0.15) is 23.1 Å². The first kappa shape index (κ1) is 24.4. The molecule has 4 aromatic rings. The molecule has 0 aliphatic carbocycles. The molecule has 0 spiro atoms.